The lowest BCUT2D eigenvalue weighted by Gasteiger charge is -2.09. The van der Waals surface area contributed by atoms with Crippen molar-refractivity contribution in [2.75, 3.05) is 7.05 Å². The second kappa shape index (κ2) is 2.01. The molecule has 0 fully saturated rings. The molecular formula is C3H5F3N4. The van der Waals surface area contributed by atoms with E-state index < -0.39 is 12.0 Å². The number of hydrogen-bond acceptors (Lipinski definition) is 4. The fourth-order valence-corrected chi connectivity index (χ4v) is 0.461. The molecule has 1 aliphatic rings. The molecule has 0 radical (unpaired) electrons. The lowest BCUT2D eigenvalue weighted by Crippen LogP contribution is -2.42. The number of rotatable bonds is 0. The number of amidine groups is 1. The predicted molar refractivity (Wildman–Crippen MR) is 27.5 cm³/mol. The lowest BCUT2D eigenvalue weighted by atomic mass is 10.6. The molecule has 0 aromatic heterocycles. The average Bonchev–Trinajstić information content (AvgIpc) is 2.11. The number of hydrazone groups is 1. The Bertz CT molecular complexity index is 162. The first-order chi connectivity index (χ1) is 4.50. The van der Waals surface area contributed by atoms with Crippen molar-refractivity contribution in [3.05, 3.63) is 0 Å². The van der Waals surface area contributed by atoms with Crippen LogP contribution in [0.2, 0.25) is 0 Å². The van der Waals surface area contributed by atoms with Gasteiger partial charge in [0.15, 0.2) is 0 Å². The first-order valence-corrected chi connectivity index (χ1v) is 2.41. The molecule has 0 unspecified atom stereocenters. The Hall–Kier alpha value is -0.980. The third kappa shape index (κ3) is 1.29. The van der Waals surface area contributed by atoms with E-state index in [9.17, 15) is 13.2 Å². The third-order valence-corrected chi connectivity index (χ3v) is 0.854. The Labute approximate surface area is 54.6 Å². The molecule has 4 nitrogen and oxygen atoms in total. The van der Waals surface area contributed by atoms with Gasteiger partial charge in [0.05, 0.1) is 0 Å². The molecule has 10 heavy (non-hydrogen) atoms. The topological polar surface area (TPSA) is 39.7 Å². The van der Waals surface area contributed by atoms with Gasteiger partial charge in [-0.15, -0.1) is 10.2 Å². The summed E-state index contributed by atoms with van der Waals surface area (Å²) in [5.74, 6) is -1.03. The number of halogens is 3. The van der Waals surface area contributed by atoms with E-state index in [2.05, 4.69) is 10.6 Å². The quantitative estimate of drug-likeness (QED) is 0.508. The molecule has 0 atom stereocenters. The minimum atomic E-state index is -4.40. The van der Waals surface area contributed by atoms with E-state index in [1.807, 2.05) is 5.43 Å². The number of nitrogens with one attached hydrogen (secondary N) is 2. The maximum Gasteiger partial charge on any atom is 0.452 e. The van der Waals surface area contributed by atoms with Crippen LogP contribution in [-0.4, -0.2) is 24.2 Å². The van der Waals surface area contributed by atoms with Gasteiger partial charge in [0, 0.05) is 7.05 Å². The molecular weight excluding hydrogens is 149 g/mol. The normalized spacial score (nSPS) is 19.8. The molecule has 0 aromatic rings. The van der Waals surface area contributed by atoms with Gasteiger partial charge in [-0.3, -0.25) is 5.43 Å². The van der Waals surface area contributed by atoms with Crippen molar-refractivity contribution < 1.29 is 13.2 Å². The number of hydrogen-bond donors (Lipinski definition) is 2. The zero-order chi connectivity index (χ0) is 7.78. The first kappa shape index (κ1) is 7.13. The summed E-state index contributed by atoms with van der Waals surface area (Å²) >= 11 is 0. The van der Waals surface area contributed by atoms with E-state index in [1.54, 1.807) is 0 Å². The van der Waals surface area contributed by atoms with Crippen molar-refractivity contribution in [2.24, 2.45) is 5.10 Å². The second-order valence-corrected chi connectivity index (χ2v) is 1.73. The van der Waals surface area contributed by atoms with Gasteiger partial charge in [-0.05, 0) is 0 Å². The fourth-order valence-electron chi connectivity index (χ4n) is 0.461. The van der Waals surface area contributed by atoms with Crippen LogP contribution < -0.4 is 11.0 Å². The van der Waals surface area contributed by atoms with Gasteiger partial charge >= 0.3 is 6.18 Å². The largest absolute Gasteiger partial charge is 0.452 e. The molecule has 1 rings (SSSR count). The molecule has 0 spiro atoms. The zero-order valence-corrected chi connectivity index (χ0v) is 5.03. The van der Waals surface area contributed by atoms with Crippen molar-refractivity contribution in [1.29, 1.82) is 0 Å². The molecule has 1 aliphatic heterocycles. The minimum absolute atomic E-state index is 1.00. The molecule has 0 amide bonds. The monoisotopic (exact) mass is 154 g/mol. The molecule has 0 aliphatic carbocycles. The molecule has 0 saturated heterocycles. The predicted octanol–water partition coefficient (Wildman–Crippen LogP) is -0.183. The van der Waals surface area contributed by atoms with Crippen LogP contribution in [0.4, 0.5) is 13.2 Å². The Morgan fingerprint density at radius 3 is 2.30 bits per heavy atom. The van der Waals surface area contributed by atoms with Crippen molar-refractivity contribution >= 4 is 5.84 Å². The SMILES string of the molecule is CN1NN=C(C(F)(F)F)N1. The first-order valence-electron chi connectivity index (χ1n) is 2.41. The maximum atomic E-state index is 11.7. The van der Waals surface area contributed by atoms with E-state index in [4.69, 9.17) is 0 Å². The molecule has 0 saturated carbocycles. The van der Waals surface area contributed by atoms with Crippen molar-refractivity contribution in [2.45, 2.75) is 6.18 Å². The van der Waals surface area contributed by atoms with E-state index >= 15 is 0 Å². The summed E-state index contributed by atoms with van der Waals surface area (Å²) in [7, 11) is 1.38. The standard InChI is InChI=1S/C3H5F3N4/c1-10-8-2(7-9-10)3(4,5)6/h9H,1H3,(H,7,8). The summed E-state index contributed by atoms with van der Waals surface area (Å²) < 4.78 is 35.0. The van der Waals surface area contributed by atoms with Gasteiger partial charge < -0.3 is 0 Å². The number of alkyl halides is 3. The van der Waals surface area contributed by atoms with Gasteiger partial charge in [0.25, 0.3) is 0 Å². The van der Waals surface area contributed by atoms with Gasteiger partial charge in [-0.25, -0.2) is 5.53 Å². The molecule has 1 heterocycles. The van der Waals surface area contributed by atoms with E-state index in [1.165, 1.54) is 7.05 Å². The van der Waals surface area contributed by atoms with E-state index in [-0.39, 0.29) is 0 Å². The second-order valence-electron chi connectivity index (χ2n) is 1.73. The molecule has 7 heteroatoms. The molecule has 0 bridgehead atoms. The van der Waals surface area contributed by atoms with Crippen LogP contribution in [0.3, 0.4) is 0 Å². The fraction of sp³-hybridized carbons (Fsp3) is 0.667. The molecule has 0 aromatic carbocycles. The smallest absolute Gasteiger partial charge is 0.279 e. The van der Waals surface area contributed by atoms with Crippen LogP contribution in [0.25, 0.3) is 0 Å². The van der Waals surface area contributed by atoms with Crippen molar-refractivity contribution in [3.63, 3.8) is 0 Å². The van der Waals surface area contributed by atoms with Crippen molar-refractivity contribution in [3.8, 4) is 0 Å². The summed E-state index contributed by atoms with van der Waals surface area (Å²) in [5.41, 5.74) is 4.01. The van der Waals surface area contributed by atoms with Gasteiger partial charge in [-0.2, -0.15) is 13.2 Å². The highest BCUT2D eigenvalue weighted by Gasteiger charge is 2.39. The summed E-state index contributed by atoms with van der Waals surface area (Å²) in [4.78, 5) is 0. The molecule has 58 valence electrons. The van der Waals surface area contributed by atoms with E-state index in [0.29, 0.717) is 0 Å². The number of nitrogens with zero attached hydrogens (tertiary/aromatic N) is 2. The summed E-state index contributed by atoms with van der Waals surface area (Å²) in [6.45, 7) is 0. The summed E-state index contributed by atoms with van der Waals surface area (Å²) in [6.07, 6.45) is -4.40. The Morgan fingerprint density at radius 1 is 1.50 bits per heavy atom. The minimum Gasteiger partial charge on any atom is -0.279 e. The van der Waals surface area contributed by atoms with Crippen LogP contribution >= 0.6 is 0 Å². The highest BCUT2D eigenvalue weighted by atomic mass is 19.4. The van der Waals surface area contributed by atoms with Gasteiger partial charge in [0.2, 0.25) is 5.84 Å². The average molecular weight is 154 g/mol. The van der Waals surface area contributed by atoms with Crippen LogP contribution in [-0.2, 0) is 0 Å². The highest BCUT2D eigenvalue weighted by molar-refractivity contribution is 5.87. The Morgan fingerprint density at radius 2 is 2.10 bits per heavy atom. The van der Waals surface area contributed by atoms with E-state index in [0.717, 1.165) is 5.12 Å². The third-order valence-electron chi connectivity index (χ3n) is 0.854. The maximum absolute atomic E-state index is 11.7. The summed E-state index contributed by atoms with van der Waals surface area (Å²) in [5, 5.41) is 3.95. The Kier molecular flexibility index (Phi) is 1.43. The zero-order valence-electron chi connectivity index (χ0n) is 5.03. The van der Waals surface area contributed by atoms with Crippen molar-refractivity contribution in [1.82, 2.24) is 16.1 Å². The van der Waals surface area contributed by atoms with Crippen LogP contribution in [0.5, 0.6) is 0 Å². The van der Waals surface area contributed by atoms with Gasteiger partial charge in [-0.1, -0.05) is 0 Å². The van der Waals surface area contributed by atoms with Crippen LogP contribution in [0.1, 0.15) is 0 Å². The Balaban J connectivity index is 2.60. The van der Waals surface area contributed by atoms with Gasteiger partial charge in [0.1, 0.15) is 0 Å². The lowest BCUT2D eigenvalue weighted by molar-refractivity contribution is -0.0629. The highest BCUT2D eigenvalue weighted by Crippen LogP contribution is 2.16. The van der Waals surface area contributed by atoms with Crippen LogP contribution in [0, 0.1) is 0 Å². The van der Waals surface area contributed by atoms with Crippen LogP contribution in [0.15, 0.2) is 5.10 Å². The molecule has 2 N–H and O–H groups in total. The number of hydrazine groups is 2. The summed E-state index contributed by atoms with van der Waals surface area (Å²) in [6, 6.07) is 0.